The molecule has 1 aliphatic carbocycles. The Hall–Kier alpha value is 0.210. The number of alkyl halides is 1. The summed E-state index contributed by atoms with van der Waals surface area (Å²) in [4.78, 5) is 0. The number of nitrogens with one attached hydrogen (secondary N) is 1. The van der Waals surface area contributed by atoms with Gasteiger partial charge in [-0.15, -0.1) is 11.6 Å². The van der Waals surface area contributed by atoms with Crippen LogP contribution in [0.3, 0.4) is 0 Å². The van der Waals surface area contributed by atoms with E-state index in [2.05, 4.69) is 5.32 Å². The summed E-state index contributed by atoms with van der Waals surface area (Å²) in [6.45, 7) is 2.00. The molecule has 14 heavy (non-hydrogen) atoms. The van der Waals surface area contributed by atoms with Crippen molar-refractivity contribution in [2.24, 2.45) is 0 Å². The highest BCUT2D eigenvalue weighted by Crippen LogP contribution is 2.23. The Balaban J connectivity index is 1.60. The molecule has 0 aromatic heterocycles. The van der Waals surface area contributed by atoms with E-state index in [0.29, 0.717) is 17.5 Å². The maximum absolute atomic E-state index is 6.06. The van der Waals surface area contributed by atoms with Gasteiger partial charge in [-0.1, -0.05) is 0 Å². The summed E-state index contributed by atoms with van der Waals surface area (Å²) in [5.74, 6) is 0. The molecular weight excluding hydrogens is 198 g/mol. The van der Waals surface area contributed by atoms with Crippen molar-refractivity contribution in [2.75, 3.05) is 13.2 Å². The van der Waals surface area contributed by atoms with E-state index in [0.717, 1.165) is 13.2 Å². The van der Waals surface area contributed by atoms with Crippen LogP contribution in [0.5, 0.6) is 0 Å². The fourth-order valence-corrected chi connectivity index (χ4v) is 2.61. The Morgan fingerprint density at radius 3 is 2.57 bits per heavy atom. The summed E-state index contributed by atoms with van der Waals surface area (Å²) >= 11 is 6.06. The normalized spacial score (nSPS) is 38.8. The molecule has 0 amide bonds. The Kier molecular flexibility index (Phi) is 4.09. The van der Waals surface area contributed by atoms with Gasteiger partial charge in [0.1, 0.15) is 0 Å². The molecule has 0 spiro atoms. The van der Waals surface area contributed by atoms with E-state index < -0.39 is 0 Å². The molecule has 2 fully saturated rings. The van der Waals surface area contributed by atoms with Gasteiger partial charge in [-0.2, -0.15) is 0 Å². The maximum Gasteiger partial charge on any atom is 0.0700 e. The average molecular weight is 218 g/mol. The fraction of sp³-hybridized carbons (Fsp3) is 1.00. The summed E-state index contributed by atoms with van der Waals surface area (Å²) in [6, 6.07) is 0.689. The highest BCUT2D eigenvalue weighted by molar-refractivity contribution is 6.20. The van der Waals surface area contributed by atoms with Crippen LogP contribution < -0.4 is 5.32 Å². The predicted molar refractivity (Wildman–Crippen MR) is 58.9 cm³/mol. The Morgan fingerprint density at radius 1 is 1.14 bits per heavy atom. The Labute approximate surface area is 91.3 Å². The van der Waals surface area contributed by atoms with Crippen LogP contribution >= 0.6 is 11.6 Å². The van der Waals surface area contributed by atoms with Crippen LogP contribution in [0.15, 0.2) is 0 Å². The molecule has 0 aromatic carbocycles. The first-order chi connectivity index (χ1) is 6.84. The van der Waals surface area contributed by atoms with Gasteiger partial charge in [-0.3, -0.25) is 0 Å². The second kappa shape index (κ2) is 5.34. The van der Waals surface area contributed by atoms with Crippen molar-refractivity contribution < 1.29 is 4.74 Å². The van der Waals surface area contributed by atoms with Crippen molar-refractivity contribution in [3.05, 3.63) is 0 Å². The zero-order chi connectivity index (χ0) is 9.80. The van der Waals surface area contributed by atoms with Crippen LogP contribution in [-0.2, 0) is 4.74 Å². The molecule has 1 N–H and O–H groups in total. The third-order valence-corrected chi connectivity index (χ3v) is 3.75. The summed E-state index contributed by atoms with van der Waals surface area (Å²) in [6.07, 6.45) is 7.76. The van der Waals surface area contributed by atoms with Crippen LogP contribution in [0.2, 0.25) is 0 Å². The minimum absolute atomic E-state index is 0.427. The lowest BCUT2D eigenvalue weighted by molar-refractivity contribution is 0.106. The van der Waals surface area contributed by atoms with Gasteiger partial charge >= 0.3 is 0 Å². The van der Waals surface area contributed by atoms with Crippen LogP contribution in [-0.4, -0.2) is 30.7 Å². The fourth-order valence-electron chi connectivity index (χ4n) is 2.36. The van der Waals surface area contributed by atoms with E-state index in [9.17, 15) is 0 Å². The molecule has 2 rings (SSSR count). The van der Waals surface area contributed by atoms with Crippen LogP contribution in [0.25, 0.3) is 0 Å². The maximum atomic E-state index is 6.06. The van der Waals surface area contributed by atoms with E-state index in [1.807, 2.05) is 0 Å². The predicted octanol–water partition coefficient (Wildman–Crippen LogP) is 2.31. The summed E-state index contributed by atoms with van der Waals surface area (Å²) in [7, 11) is 0. The van der Waals surface area contributed by atoms with Gasteiger partial charge in [-0.05, 0) is 38.5 Å². The standard InChI is InChI=1S/C11H20ClNO/c12-9-3-5-10(6-4-9)13-8-11-2-1-7-14-11/h9-11,13H,1-8H2. The smallest absolute Gasteiger partial charge is 0.0700 e. The summed E-state index contributed by atoms with van der Waals surface area (Å²) < 4.78 is 5.58. The first-order valence-electron chi connectivity index (χ1n) is 5.83. The van der Waals surface area contributed by atoms with Gasteiger partial charge in [0.15, 0.2) is 0 Å². The number of hydrogen-bond acceptors (Lipinski definition) is 2. The zero-order valence-corrected chi connectivity index (χ0v) is 9.43. The monoisotopic (exact) mass is 217 g/mol. The third kappa shape index (κ3) is 3.11. The van der Waals surface area contributed by atoms with Gasteiger partial charge in [0.25, 0.3) is 0 Å². The number of ether oxygens (including phenoxy) is 1. The second-order valence-electron chi connectivity index (χ2n) is 4.49. The summed E-state index contributed by atoms with van der Waals surface area (Å²) in [5, 5.41) is 4.03. The van der Waals surface area contributed by atoms with E-state index in [-0.39, 0.29) is 0 Å². The number of hydrogen-bond donors (Lipinski definition) is 1. The summed E-state index contributed by atoms with van der Waals surface area (Å²) in [5.41, 5.74) is 0. The van der Waals surface area contributed by atoms with Crippen molar-refractivity contribution >= 4 is 11.6 Å². The molecule has 1 atom stereocenters. The van der Waals surface area contributed by atoms with Crippen molar-refractivity contribution in [2.45, 2.75) is 56.0 Å². The number of rotatable bonds is 3. The van der Waals surface area contributed by atoms with Crippen molar-refractivity contribution in [1.29, 1.82) is 0 Å². The Bertz CT molecular complexity index is 163. The van der Waals surface area contributed by atoms with E-state index in [4.69, 9.17) is 16.3 Å². The van der Waals surface area contributed by atoms with E-state index in [1.54, 1.807) is 0 Å². The molecule has 1 saturated carbocycles. The molecule has 1 saturated heterocycles. The lowest BCUT2D eigenvalue weighted by Gasteiger charge is -2.26. The molecule has 0 radical (unpaired) electrons. The van der Waals surface area contributed by atoms with Gasteiger partial charge in [-0.25, -0.2) is 0 Å². The second-order valence-corrected chi connectivity index (χ2v) is 5.11. The number of halogens is 1. The van der Waals surface area contributed by atoms with Gasteiger partial charge < -0.3 is 10.1 Å². The molecule has 1 unspecified atom stereocenters. The van der Waals surface area contributed by atoms with Crippen LogP contribution in [0, 0.1) is 0 Å². The van der Waals surface area contributed by atoms with E-state index >= 15 is 0 Å². The van der Waals surface area contributed by atoms with Gasteiger partial charge in [0.05, 0.1) is 6.10 Å². The van der Waals surface area contributed by atoms with Crippen molar-refractivity contribution in [3.63, 3.8) is 0 Å². The highest BCUT2D eigenvalue weighted by Gasteiger charge is 2.21. The highest BCUT2D eigenvalue weighted by atomic mass is 35.5. The van der Waals surface area contributed by atoms with Crippen molar-refractivity contribution in [1.82, 2.24) is 5.32 Å². The SMILES string of the molecule is ClC1CCC(NCC2CCCO2)CC1. The minimum atomic E-state index is 0.427. The first kappa shape index (κ1) is 10.7. The largest absolute Gasteiger partial charge is 0.377 e. The van der Waals surface area contributed by atoms with Gasteiger partial charge in [0.2, 0.25) is 0 Å². The molecule has 1 aliphatic heterocycles. The third-order valence-electron chi connectivity index (χ3n) is 3.31. The molecule has 3 heteroatoms. The molecule has 2 nitrogen and oxygen atoms in total. The van der Waals surface area contributed by atoms with E-state index in [1.165, 1.54) is 38.5 Å². The van der Waals surface area contributed by atoms with Gasteiger partial charge in [0, 0.05) is 24.6 Å². The Morgan fingerprint density at radius 2 is 1.93 bits per heavy atom. The lowest BCUT2D eigenvalue weighted by atomic mass is 9.95. The van der Waals surface area contributed by atoms with Crippen molar-refractivity contribution in [3.8, 4) is 0 Å². The molecular formula is C11H20ClNO. The quantitative estimate of drug-likeness (QED) is 0.733. The molecule has 0 aromatic rings. The first-order valence-corrected chi connectivity index (χ1v) is 6.27. The van der Waals surface area contributed by atoms with Crippen LogP contribution in [0.4, 0.5) is 0 Å². The molecule has 82 valence electrons. The molecule has 2 aliphatic rings. The lowest BCUT2D eigenvalue weighted by Crippen LogP contribution is -2.38. The minimum Gasteiger partial charge on any atom is -0.377 e. The average Bonchev–Trinajstić information content (AvgIpc) is 2.70. The van der Waals surface area contributed by atoms with Crippen LogP contribution in [0.1, 0.15) is 38.5 Å². The zero-order valence-electron chi connectivity index (χ0n) is 8.68. The topological polar surface area (TPSA) is 21.3 Å². The molecule has 1 heterocycles. The molecule has 0 bridgehead atoms.